The van der Waals surface area contributed by atoms with Gasteiger partial charge in [-0.3, -0.25) is 0 Å². The predicted molar refractivity (Wildman–Crippen MR) is 119 cm³/mol. The van der Waals surface area contributed by atoms with Crippen LogP contribution in [0.4, 0.5) is 0 Å². The summed E-state index contributed by atoms with van der Waals surface area (Å²) in [4.78, 5) is 24.5. The van der Waals surface area contributed by atoms with Gasteiger partial charge in [0.15, 0.2) is 0 Å². The second-order valence-electron chi connectivity index (χ2n) is 9.17. The Morgan fingerprint density at radius 1 is 0.800 bits per heavy atom. The summed E-state index contributed by atoms with van der Waals surface area (Å²) in [5.74, 6) is 0. The van der Waals surface area contributed by atoms with E-state index >= 15 is 0 Å². The Hall–Kier alpha value is -0.916. The first-order valence-electron chi connectivity index (χ1n) is 9.04. The maximum absolute atomic E-state index is 12.2. The van der Waals surface area contributed by atoms with Gasteiger partial charge in [0.1, 0.15) is 16.5 Å². The van der Waals surface area contributed by atoms with Gasteiger partial charge in [0.05, 0.1) is 12.4 Å². The smallest absolute Gasteiger partial charge is 0.265 e. The van der Waals surface area contributed by atoms with Crippen molar-refractivity contribution in [1.82, 2.24) is 4.14 Å². The van der Waals surface area contributed by atoms with Crippen LogP contribution in [0, 0.1) is 27.7 Å². The Kier molecular flexibility index (Phi) is 6.87. The lowest BCUT2D eigenvalue weighted by Gasteiger charge is -2.47. The summed E-state index contributed by atoms with van der Waals surface area (Å²) < 4.78 is 2.45. The van der Waals surface area contributed by atoms with Gasteiger partial charge < -0.3 is 13.7 Å². The Morgan fingerprint density at radius 2 is 1.20 bits per heavy atom. The van der Waals surface area contributed by atoms with Gasteiger partial charge in [0, 0.05) is 0 Å². The molecule has 3 nitrogen and oxygen atoms in total. The molecule has 7 heteroatoms. The van der Waals surface area contributed by atoms with E-state index in [4.69, 9.17) is 0 Å². The first-order chi connectivity index (χ1) is 11.3. The number of nitrogens with zero attached hydrogens (tertiary/aromatic N) is 1. The van der Waals surface area contributed by atoms with E-state index in [2.05, 4.69) is 77.2 Å². The quantitative estimate of drug-likeness (QED) is 0.544. The number of carbonyl (C=O) groups is 2. The largest absolute Gasteiger partial charge is 0.387 e. The molecule has 0 saturated carbocycles. The molecule has 25 heavy (non-hydrogen) atoms. The van der Waals surface area contributed by atoms with Crippen molar-refractivity contribution in [2.75, 3.05) is 0 Å². The van der Waals surface area contributed by atoms with Gasteiger partial charge in [0.2, 0.25) is 6.60 Å². The monoisotopic (exact) mass is 373 g/mol. The van der Waals surface area contributed by atoms with E-state index in [1.165, 1.54) is 11.1 Å². The zero-order chi connectivity index (χ0) is 19.7. The number of hydrogen-bond acceptors (Lipinski definition) is 3. The fraction of sp³-hybridized carbons (Fsp3) is 0.556. The fourth-order valence-electron chi connectivity index (χ4n) is 4.27. The normalized spacial score (nSPS) is 12.3. The summed E-state index contributed by atoms with van der Waals surface area (Å²) in [5.41, 5.74) is 5.69. The minimum Gasteiger partial charge on any atom is -0.387 e. The van der Waals surface area contributed by atoms with E-state index in [9.17, 15) is 9.59 Å². The third-order valence-corrected chi connectivity index (χ3v) is 12.7. The van der Waals surface area contributed by atoms with Crippen molar-refractivity contribution < 1.29 is 9.59 Å². The molecule has 0 unspecified atom stereocenters. The van der Waals surface area contributed by atoms with Crippen LogP contribution < -0.4 is 5.46 Å². The van der Waals surface area contributed by atoms with Crippen LogP contribution in [-0.2, 0) is 9.59 Å². The van der Waals surface area contributed by atoms with Crippen molar-refractivity contribution in [1.29, 1.82) is 0 Å². The Morgan fingerprint density at radius 3 is 1.48 bits per heavy atom. The number of hydrogen-bond donors (Lipinski definition) is 0. The molecule has 1 aromatic carbocycles. The highest BCUT2D eigenvalue weighted by Crippen LogP contribution is 2.23. The van der Waals surface area contributed by atoms with Gasteiger partial charge in [-0.15, -0.1) is 0 Å². The molecule has 0 amide bonds. The Labute approximate surface area is 156 Å². The van der Waals surface area contributed by atoms with E-state index < -0.39 is 23.1 Å². The van der Waals surface area contributed by atoms with Gasteiger partial charge in [-0.25, -0.2) is 0 Å². The summed E-state index contributed by atoms with van der Waals surface area (Å²) >= 11 is 0. The third kappa shape index (κ3) is 4.63. The summed E-state index contributed by atoms with van der Waals surface area (Å²) in [7, 11) is -3.55. The second kappa shape index (κ2) is 7.76. The minimum atomic E-state index is -1.78. The molecule has 136 valence electrons. The second-order valence-corrected chi connectivity index (χ2v) is 19.3. The molecule has 0 bridgehead atoms. The first-order valence-corrected chi connectivity index (χ1v) is 15.9. The van der Waals surface area contributed by atoms with Crippen molar-refractivity contribution in [2.45, 2.75) is 67.0 Å². The zero-order valence-corrected chi connectivity index (χ0v) is 19.7. The van der Waals surface area contributed by atoms with Crippen molar-refractivity contribution in [3.63, 3.8) is 0 Å². The molecule has 0 saturated heterocycles. The predicted octanol–water partition coefficient (Wildman–Crippen LogP) is 3.21. The molecule has 0 spiro atoms. The van der Waals surface area contributed by atoms with Gasteiger partial charge in [-0.2, -0.15) is 0 Å². The van der Waals surface area contributed by atoms with Crippen LogP contribution in [0.3, 0.4) is 0 Å². The molecule has 1 aromatic rings. The Balaban J connectivity index is 3.67. The molecule has 0 aromatic heterocycles. The standard InChI is InChI=1S/C18H33B2NO2Si2/c1-14-11-15(2)17(4)18(16(14)3)19(12-22)20(13-23)21(24(5,6)7)25(8,9)10/h11-13H,1-10H3. The van der Waals surface area contributed by atoms with E-state index in [1.807, 2.05) is 0 Å². The lowest BCUT2D eigenvalue weighted by molar-refractivity contribution is 0.565. The summed E-state index contributed by atoms with van der Waals surface area (Å²) in [6.07, 6.45) is 2.02. The van der Waals surface area contributed by atoms with Gasteiger partial charge in [-0.1, -0.05) is 61.9 Å². The van der Waals surface area contributed by atoms with Crippen LogP contribution in [-0.4, -0.2) is 46.3 Å². The van der Waals surface area contributed by atoms with Crippen molar-refractivity contribution >= 4 is 47.6 Å². The van der Waals surface area contributed by atoms with Crippen LogP contribution in [0.15, 0.2) is 6.07 Å². The lowest BCUT2D eigenvalue weighted by atomic mass is 9.13. The number of rotatable bonds is 7. The minimum absolute atomic E-state index is 0.380. The molecule has 0 aliphatic carbocycles. The van der Waals surface area contributed by atoms with Gasteiger partial charge >= 0.3 is 0 Å². The van der Waals surface area contributed by atoms with Crippen LogP contribution >= 0.6 is 0 Å². The van der Waals surface area contributed by atoms with Crippen LogP contribution in [0.2, 0.25) is 39.3 Å². The molecule has 0 N–H and O–H groups in total. The number of carbonyl (C=O) groups excluding carboxylic acids is 2. The highest BCUT2D eigenvalue weighted by molar-refractivity contribution is 7.47. The van der Waals surface area contributed by atoms with Crippen molar-refractivity contribution in [3.05, 3.63) is 28.3 Å². The van der Waals surface area contributed by atoms with E-state index in [-0.39, 0.29) is 6.74 Å². The van der Waals surface area contributed by atoms with E-state index in [1.54, 1.807) is 0 Å². The number of aryl methyl sites for hydroxylation is 2. The maximum Gasteiger partial charge on any atom is 0.265 e. The summed E-state index contributed by atoms with van der Waals surface area (Å²) in [6, 6.07) is 2.17. The fourth-order valence-corrected chi connectivity index (χ4v) is 14.6. The number of benzene rings is 1. The van der Waals surface area contributed by atoms with E-state index in [0.717, 1.165) is 29.0 Å². The molecule has 0 aliphatic heterocycles. The van der Waals surface area contributed by atoms with E-state index in [0.29, 0.717) is 0 Å². The molecule has 0 heterocycles. The third-order valence-electron chi connectivity index (χ3n) is 5.15. The molecule has 0 atom stereocenters. The van der Waals surface area contributed by atoms with Crippen molar-refractivity contribution in [2.24, 2.45) is 0 Å². The van der Waals surface area contributed by atoms with Crippen LogP contribution in [0.1, 0.15) is 22.3 Å². The zero-order valence-electron chi connectivity index (χ0n) is 17.7. The van der Waals surface area contributed by atoms with Gasteiger partial charge in [0.25, 0.3) is 6.74 Å². The Bertz CT molecular complexity index is 626. The topological polar surface area (TPSA) is 37.4 Å². The molecular formula is C18H33B2NO2Si2. The molecule has 0 aliphatic rings. The van der Waals surface area contributed by atoms with Crippen LogP contribution in [0.25, 0.3) is 0 Å². The maximum atomic E-state index is 12.2. The molecule has 0 radical (unpaired) electrons. The van der Waals surface area contributed by atoms with Gasteiger partial charge in [-0.05, 0) is 38.8 Å². The SMILES string of the molecule is Cc1cc(C)c(C)c(B(C=O)B(C=O)N([Si](C)(C)C)[Si](C)(C)C)c1C. The summed E-state index contributed by atoms with van der Waals surface area (Å²) in [5, 5.41) is 0. The van der Waals surface area contributed by atoms with Crippen LogP contribution in [0.5, 0.6) is 0 Å². The lowest BCUT2D eigenvalue weighted by Crippen LogP contribution is -2.72. The average molecular weight is 373 g/mol. The van der Waals surface area contributed by atoms with Crippen molar-refractivity contribution in [3.8, 4) is 0 Å². The first kappa shape index (κ1) is 22.1. The highest BCUT2D eigenvalue weighted by atomic mass is 28.4. The average Bonchev–Trinajstić information content (AvgIpc) is 2.44. The molecular weight excluding hydrogens is 340 g/mol. The molecule has 1 rings (SSSR count). The highest BCUT2D eigenvalue weighted by Gasteiger charge is 2.47. The summed E-state index contributed by atoms with van der Waals surface area (Å²) in [6.45, 7) is 21.1. The molecule has 0 fully saturated rings.